The number of nitrogens with zero attached hydrogens (tertiary/aromatic N) is 1. The molecule has 1 aromatic carbocycles. The summed E-state index contributed by atoms with van der Waals surface area (Å²) in [5, 5.41) is 12.1. The largest absolute Gasteiger partial charge is 0.478 e. The number of benzene rings is 1. The molecule has 0 saturated carbocycles. The van der Waals surface area contributed by atoms with Gasteiger partial charge in [-0.3, -0.25) is 0 Å². The standard InChI is InChI=1S/C13H20N2O2/c1-3-15(4-2)9-8-14-12-7-5-6-11(10-12)13(16)17/h5-7,10,14H,3-4,8-9H2,1-2H3,(H,16,17). The lowest BCUT2D eigenvalue weighted by Gasteiger charge is -2.18. The minimum absolute atomic E-state index is 0.317. The molecule has 17 heavy (non-hydrogen) atoms. The first-order valence-electron chi connectivity index (χ1n) is 5.97. The molecular formula is C13H20N2O2. The van der Waals surface area contributed by atoms with Crippen molar-refractivity contribution in [3.05, 3.63) is 29.8 Å². The lowest BCUT2D eigenvalue weighted by Crippen LogP contribution is -2.28. The normalized spacial score (nSPS) is 10.5. The second-order valence-electron chi connectivity index (χ2n) is 3.84. The highest BCUT2D eigenvalue weighted by Gasteiger charge is 2.03. The van der Waals surface area contributed by atoms with Crippen LogP contribution in [0.2, 0.25) is 0 Å². The van der Waals surface area contributed by atoms with E-state index in [2.05, 4.69) is 24.1 Å². The summed E-state index contributed by atoms with van der Waals surface area (Å²) in [6, 6.07) is 6.89. The molecule has 4 heteroatoms. The molecule has 0 bridgehead atoms. The number of hydrogen-bond donors (Lipinski definition) is 2. The third-order valence-corrected chi connectivity index (χ3v) is 2.76. The van der Waals surface area contributed by atoms with Crippen molar-refractivity contribution < 1.29 is 9.90 Å². The van der Waals surface area contributed by atoms with Gasteiger partial charge in [0.25, 0.3) is 0 Å². The van der Waals surface area contributed by atoms with Gasteiger partial charge < -0.3 is 15.3 Å². The zero-order chi connectivity index (χ0) is 12.7. The Morgan fingerprint density at radius 3 is 2.65 bits per heavy atom. The van der Waals surface area contributed by atoms with Crippen molar-refractivity contribution in [2.75, 3.05) is 31.5 Å². The third-order valence-electron chi connectivity index (χ3n) is 2.76. The quantitative estimate of drug-likeness (QED) is 0.761. The van der Waals surface area contributed by atoms with E-state index in [0.717, 1.165) is 31.9 Å². The Morgan fingerprint density at radius 1 is 1.35 bits per heavy atom. The van der Waals surface area contributed by atoms with Gasteiger partial charge in [-0.1, -0.05) is 19.9 Å². The first-order chi connectivity index (χ1) is 8.17. The summed E-state index contributed by atoms with van der Waals surface area (Å²) < 4.78 is 0. The maximum atomic E-state index is 10.8. The molecule has 0 spiro atoms. The van der Waals surface area contributed by atoms with Crippen LogP contribution in [0.5, 0.6) is 0 Å². The molecular weight excluding hydrogens is 216 g/mol. The van der Waals surface area contributed by atoms with E-state index in [1.54, 1.807) is 18.2 Å². The van der Waals surface area contributed by atoms with Crippen LogP contribution in [0.15, 0.2) is 24.3 Å². The minimum Gasteiger partial charge on any atom is -0.478 e. The Morgan fingerprint density at radius 2 is 2.06 bits per heavy atom. The minimum atomic E-state index is -0.891. The maximum absolute atomic E-state index is 10.8. The van der Waals surface area contributed by atoms with E-state index in [-0.39, 0.29) is 0 Å². The third kappa shape index (κ3) is 4.44. The summed E-state index contributed by atoms with van der Waals surface area (Å²) in [6.07, 6.45) is 0. The zero-order valence-corrected chi connectivity index (χ0v) is 10.4. The number of carboxylic acids is 1. The Hall–Kier alpha value is -1.55. The smallest absolute Gasteiger partial charge is 0.335 e. The molecule has 0 heterocycles. The van der Waals surface area contributed by atoms with Crippen molar-refractivity contribution in [3.63, 3.8) is 0 Å². The van der Waals surface area contributed by atoms with E-state index in [4.69, 9.17) is 5.11 Å². The first kappa shape index (κ1) is 13.5. The van der Waals surface area contributed by atoms with Crippen molar-refractivity contribution >= 4 is 11.7 Å². The van der Waals surface area contributed by atoms with Crippen LogP contribution in [0.3, 0.4) is 0 Å². The fraction of sp³-hybridized carbons (Fsp3) is 0.462. The average Bonchev–Trinajstić information content (AvgIpc) is 2.35. The Bertz CT molecular complexity index is 362. The number of carbonyl (C=O) groups is 1. The SMILES string of the molecule is CCN(CC)CCNc1cccc(C(=O)O)c1. The summed E-state index contributed by atoms with van der Waals surface area (Å²) in [5.74, 6) is -0.891. The van der Waals surface area contributed by atoms with Crippen molar-refractivity contribution in [1.82, 2.24) is 4.90 Å². The van der Waals surface area contributed by atoms with Crippen molar-refractivity contribution in [1.29, 1.82) is 0 Å². The topological polar surface area (TPSA) is 52.6 Å². The van der Waals surface area contributed by atoms with Gasteiger partial charge in [0.1, 0.15) is 0 Å². The van der Waals surface area contributed by atoms with Crippen LogP contribution in [0.4, 0.5) is 5.69 Å². The number of likely N-dealkylation sites (N-methyl/N-ethyl adjacent to an activating group) is 1. The van der Waals surface area contributed by atoms with E-state index < -0.39 is 5.97 Å². The molecule has 0 aromatic heterocycles. The van der Waals surface area contributed by atoms with Gasteiger partial charge in [-0.25, -0.2) is 4.79 Å². The van der Waals surface area contributed by atoms with Crippen LogP contribution >= 0.6 is 0 Å². The molecule has 0 radical (unpaired) electrons. The summed E-state index contributed by atoms with van der Waals surface area (Å²) in [7, 11) is 0. The highest BCUT2D eigenvalue weighted by molar-refractivity contribution is 5.88. The Kier molecular flexibility index (Phi) is 5.49. The first-order valence-corrected chi connectivity index (χ1v) is 5.97. The van der Waals surface area contributed by atoms with Crippen molar-refractivity contribution in [2.45, 2.75) is 13.8 Å². The van der Waals surface area contributed by atoms with Gasteiger partial charge in [-0.15, -0.1) is 0 Å². The molecule has 0 unspecified atom stereocenters. The van der Waals surface area contributed by atoms with Gasteiger partial charge in [0.15, 0.2) is 0 Å². The number of carboxylic acid groups (broad SMARTS) is 1. The summed E-state index contributed by atoms with van der Waals surface area (Å²) in [6.45, 7) is 8.12. The molecule has 0 amide bonds. The van der Waals surface area contributed by atoms with Gasteiger partial charge in [-0.2, -0.15) is 0 Å². The maximum Gasteiger partial charge on any atom is 0.335 e. The van der Waals surface area contributed by atoms with E-state index in [9.17, 15) is 4.79 Å². The van der Waals surface area contributed by atoms with Gasteiger partial charge in [0, 0.05) is 18.8 Å². The van der Waals surface area contributed by atoms with Crippen LogP contribution in [0.25, 0.3) is 0 Å². The molecule has 1 aromatic rings. The van der Waals surface area contributed by atoms with E-state index in [1.165, 1.54) is 0 Å². The van der Waals surface area contributed by atoms with Crippen LogP contribution in [0.1, 0.15) is 24.2 Å². The Balaban J connectivity index is 2.46. The lowest BCUT2D eigenvalue weighted by atomic mass is 10.2. The van der Waals surface area contributed by atoms with E-state index >= 15 is 0 Å². The molecule has 0 aliphatic rings. The highest BCUT2D eigenvalue weighted by Crippen LogP contribution is 2.10. The summed E-state index contributed by atoms with van der Waals surface area (Å²) >= 11 is 0. The second-order valence-corrected chi connectivity index (χ2v) is 3.84. The van der Waals surface area contributed by atoms with Crippen LogP contribution in [0, 0.1) is 0 Å². The number of anilines is 1. The van der Waals surface area contributed by atoms with E-state index in [1.807, 2.05) is 6.07 Å². The second kappa shape index (κ2) is 6.91. The molecule has 0 saturated heterocycles. The summed E-state index contributed by atoms with van der Waals surface area (Å²) in [4.78, 5) is 13.1. The monoisotopic (exact) mass is 236 g/mol. The molecule has 2 N–H and O–H groups in total. The number of hydrogen-bond acceptors (Lipinski definition) is 3. The molecule has 0 fully saturated rings. The number of nitrogens with one attached hydrogen (secondary N) is 1. The molecule has 4 nitrogen and oxygen atoms in total. The van der Waals surface area contributed by atoms with Crippen LogP contribution in [-0.2, 0) is 0 Å². The number of aromatic carboxylic acids is 1. The number of rotatable bonds is 7. The van der Waals surface area contributed by atoms with Crippen molar-refractivity contribution in [2.24, 2.45) is 0 Å². The predicted octanol–water partition coefficient (Wildman–Crippen LogP) is 2.14. The lowest BCUT2D eigenvalue weighted by molar-refractivity contribution is 0.0697. The van der Waals surface area contributed by atoms with Gasteiger partial charge in [0.2, 0.25) is 0 Å². The predicted molar refractivity (Wildman–Crippen MR) is 69.7 cm³/mol. The van der Waals surface area contributed by atoms with Crippen LogP contribution < -0.4 is 5.32 Å². The van der Waals surface area contributed by atoms with Gasteiger partial charge >= 0.3 is 5.97 Å². The molecule has 0 aliphatic heterocycles. The molecule has 0 aliphatic carbocycles. The van der Waals surface area contributed by atoms with Gasteiger partial charge in [0.05, 0.1) is 5.56 Å². The van der Waals surface area contributed by atoms with Crippen molar-refractivity contribution in [3.8, 4) is 0 Å². The summed E-state index contributed by atoms with van der Waals surface area (Å²) in [5.41, 5.74) is 1.18. The molecule has 1 rings (SSSR count). The Labute approximate surface area is 102 Å². The average molecular weight is 236 g/mol. The fourth-order valence-electron chi connectivity index (χ4n) is 1.66. The molecule has 94 valence electrons. The zero-order valence-electron chi connectivity index (χ0n) is 10.4. The fourth-order valence-corrected chi connectivity index (χ4v) is 1.66. The van der Waals surface area contributed by atoms with Crippen LogP contribution in [-0.4, -0.2) is 42.2 Å². The molecule has 0 atom stereocenters. The van der Waals surface area contributed by atoms with E-state index in [0.29, 0.717) is 5.56 Å². The highest BCUT2D eigenvalue weighted by atomic mass is 16.4. The van der Waals surface area contributed by atoms with Gasteiger partial charge in [-0.05, 0) is 31.3 Å².